The molecule has 1 aliphatic heterocycles. The van der Waals surface area contributed by atoms with Gasteiger partial charge in [0.1, 0.15) is 0 Å². The summed E-state index contributed by atoms with van der Waals surface area (Å²) in [5.41, 5.74) is 6.59. The number of thiophene rings is 1. The lowest BCUT2D eigenvalue weighted by atomic mass is 10.2. The Morgan fingerprint density at radius 3 is 2.94 bits per heavy atom. The van der Waals surface area contributed by atoms with Crippen LogP contribution in [0.3, 0.4) is 0 Å². The maximum absolute atomic E-state index is 12.1. The fourth-order valence-electron chi connectivity index (χ4n) is 1.88. The van der Waals surface area contributed by atoms with E-state index in [0.717, 1.165) is 10.6 Å². The predicted molar refractivity (Wildman–Crippen MR) is 72.4 cm³/mol. The monoisotopic (exact) mass is 269 g/mol. The van der Waals surface area contributed by atoms with Gasteiger partial charge in [0.2, 0.25) is 5.91 Å². The van der Waals surface area contributed by atoms with Crippen LogP contribution in [0.1, 0.15) is 11.8 Å². The SMILES string of the molecule is CC(NCc1sccc1N)C(=O)N1CCOCC1. The summed E-state index contributed by atoms with van der Waals surface area (Å²) < 4.78 is 5.24. The molecule has 3 N–H and O–H groups in total. The second-order valence-electron chi connectivity index (χ2n) is 4.34. The zero-order valence-electron chi connectivity index (χ0n) is 10.5. The van der Waals surface area contributed by atoms with Crippen molar-refractivity contribution in [2.24, 2.45) is 0 Å². The highest BCUT2D eigenvalue weighted by molar-refractivity contribution is 7.10. The molecule has 100 valence electrons. The van der Waals surface area contributed by atoms with Gasteiger partial charge in [-0.15, -0.1) is 11.3 Å². The Hall–Kier alpha value is -1.11. The van der Waals surface area contributed by atoms with Gasteiger partial charge in [0.15, 0.2) is 0 Å². The highest BCUT2D eigenvalue weighted by Gasteiger charge is 2.22. The minimum Gasteiger partial charge on any atom is -0.398 e. The highest BCUT2D eigenvalue weighted by Crippen LogP contribution is 2.18. The van der Waals surface area contributed by atoms with Crippen molar-refractivity contribution < 1.29 is 9.53 Å². The summed E-state index contributed by atoms with van der Waals surface area (Å²) in [4.78, 5) is 15.0. The maximum Gasteiger partial charge on any atom is 0.239 e. The standard InChI is InChI=1S/C12H19N3O2S/c1-9(12(16)15-3-5-17-6-4-15)14-8-11-10(13)2-7-18-11/h2,7,9,14H,3-6,8,13H2,1H3. The van der Waals surface area contributed by atoms with Crippen molar-refractivity contribution in [2.45, 2.75) is 19.5 Å². The molecule has 1 amide bonds. The average molecular weight is 269 g/mol. The summed E-state index contributed by atoms with van der Waals surface area (Å²) in [7, 11) is 0. The van der Waals surface area contributed by atoms with Gasteiger partial charge < -0.3 is 20.7 Å². The van der Waals surface area contributed by atoms with Gasteiger partial charge in [-0.2, -0.15) is 0 Å². The topological polar surface area (TPSA) is 67.6 Å². The molecule has 5 nitrogen and oxygen atoms in total. The third-order valence-electron chi connectivity index (χ3n) is 3.04. The summed E-state index contributed by atoms with van der Waals surface area (Å²) in [6.07, 6.45) is 0. The molecule has 1 unspecified atom stereocenters. The first-order chi connectivity index (χ1) is 8.68. The van der Waals surface area contributed by atoms with Crippen LogP contribution in [-0.4, -0.2) is 43.2 Å². The van der Waals surface area contributed by atoms with Crippen LogP contribution < -0.4 is 11.1 Å². The van der Waals surface area contributed by atoms with Gasteiger partial charge in [0.25, 0.3) is 0 Å². The molecule has 1 aromatic heterocycles. The number of anilines is 1. The van der Waals surface area contributed by atoms with E-state index in [-0.39, 0.29) is 11.9 Å². The molecule has 0 saturated carbocycles. The smallest absolute Gasteiger partial charge is 0.239 e. The molecule has 0 radical (unpaired) electrons. The first-order valence-corrected chi connectivity index (χ1v) is 6.98. The molecule has 0 spiro atoms. The van der Waals surface area contributed by atoms with E-state index in [1.165, 1.54) is 0 Å². The van der Waals surface area contributed by atoms with Crippen molar-refractivity contribution in [1.82, 2.24) is 10.2 Å². The van der Waals surface area contributed by atoms with Gasteiger partial charge >= 0.3 is 0 Å². The Labute approximate surface area is 111 Å². The third-order valence-corrected chi connectivity index (χ3v) is 3.98. The zero-order chi connectivity index (χ0) is 13.0. The molecular weight excluding hydrogens is 250 g/mol. The largest absolute Gasteiger partial charge is 0.398 e. The Morgan fingerprint density at radius 1 is 1.61 bits per heavy atom. The molecule has 1 saturated heterocycles. The molecule has 0 bridgehead atoms. The fourth-order valence-corrected chi connectivity index (χ4v) is 2.63. The van der Waals surface area contributed by atoms with Gasteiger partial charge in [-0.3, -0.25) is 4.79 Å². The lowest BCUT2D eigenvalue weighted by Gasteiger charge is -2.29. The van der Waals surface area contributed by atoms with Crippen LogP contribution in [0.4, 0.5) is 5.69 Å². The Morgan fingerprint density at radius 2 is 2.33 bits per heavy atom. The summed E-state index contributed by atoms with van der Waals surface area (Å²) in [6, 6.07) is 1.69. The van der Waals surface area contributed by atoms with Crippen LogP contribution in [0.25, 0.3) is 0 Å². The highest BCUT2D eigenvalue weighted by atomic mass is 32.1. The number of carbonyl (C=O) groups is 1. The fraction of sp³-hybridized carbons (Fsp3) is 0.583. The van der Waals surface area contributed by atoms with E-state index in [4.69, 9.17) is 10.5 Å². The number of hydrogen-bond donors (Lipinski definition) is 2. The maximum atomic E-state index is 12.1. The summed E-state index contributed by atoms with van der Waals surface area (Å²) in [5.74, 6) is 0.133. The Balaban J connectivity index is 1.82. The van der Waals surface area contributed by atoms with Crippen LogP contribution in [0.5, 0.6) is 0 Å². The number of rotatable bonds is 4. The van der Waals surface area contributed by atoms with Gasteiger partial charge in [-0.1, -0.05) is 0 Å². The van der Waals surface area contributed by atoms with E-state index in [0.29, 0.717) is 32.8 Å². The molecule has 18 heavy (non-hydrogen) atoms. The lowest BCUT2D eigenvalue weighted by molar-refractivity contribution is -0.137. The van der Waals surface area contributed by atoms with Crippen molar-refractivity contribution in [3.63, 3.8) is 0 Å². The molecule has 0 aromatic carbocycles. The van der Waals surface area contributed by atoms with Gasteiger partial charge in [-0.05, 0) is 18.4 Å². The summed E-state index contributed by atoms with van der Waals surface area (Å²) >= 11 is 1.61. The van der Waals surface area contributed by atoms with Gasteiger partial charge in [0, 0.05) is 30.2 Å². The van der Waals surface area contributed by atoms with Crippen LogP contribution in [-0.2, 0) is 16.1 Å². The lowest BCUT2D eigenvalue weighted by Crippen LogP contribution is -2.49. The number of nitrogen functional groups attached to an aromatic ring is 1. The van der Waals surface area contributed by atoms with Crippen molar-refractivity contribution in [3.05, 3.63) is 16.3 Å². The first-order valence-electron chi connectivity index (χ1n) is 6.10. The normalized spacial score (nSPS) is 17.7. The second-order valence-corrected chi connectivity index (χ2v) is 5.34. The molecule has 6 heteroatoms. The number of carbonyl (C=O) groups excluding carboxylic acids is 1. The van der Waals surface area contributed by atoms with E-state index < -0.39 is 0 Å². The molecular formula is C12H19N3O2S. The number of nitrogens with two attached hydrogens (primary N) is 1. The summed E-state index contributed by atoms with van der Waals surface area (Å²) in [5, 5.41) is 5.18. The van der Waals surface area contributed by atoms with Crippen LogP contribution in [0.15, 0.2) is 11.4 Å². The molecule has 2 heterocycles. The number of ether oxygens (including phenoxy) is 1. The van der Waals surface area contributed by atoms with E-state index in [9.17, 15) is 4.79 Å². The number of amides is 1. The predicted octanol–water partition coefficient (Wildman–Crippen LogP) is 0.667. The van der Waals surface area contributed by atoms with Gasteiger partial charge in [-0.25, -0.2) is 0 Å². The van der Waals surface area contributed by atoms with Crippen molar-refractivity contribution in [3.8, 4) is 0 Å². The quantitative estimate of drug-likeness (QED) is 0.843. The van der Waals surface area contributed by atoms with Crippen LogP contribution >= 0.6 is 11.3 Å². The van der Waals surface area contributed by atoms with E-state index >= 15 is 0 Å². The van der Waals surface area contributed by atoms with E-state index in [2.05, 4.69) is 5.32 Å². The molecule has 1 aliphatic rings. The number of nitrogens with one attached hydrogen (secondary N) is 1. The third kappa shape index (κ3) is 3.22. The number of nitrogens with zero attached hydrogens (tertiary/aromatic N) is 1. The second kappa shape index (κ2) is 6.17. The van der Waals surface area contributed by atoms with E-state index in [1.807, 2.05) is 23.3 Å². The van der Waals surface area contributed by atoms with E-state index in [1.54, 1.807) is 11.3 Å². The summed E-state index contributed by atoms with van der Waals surface area (Å²) in [6.45, 7) is 5.17. The Kier molecular flexibility index (Phi) is 4.57. The zero-order valence-corrected chi connectivity index (χ0v) is 11.3. The number of morpholine rings is 1. The average Bonchev–Trinajstić information content (AvgIpc) is 2.81. The molecule has 1 fully saturated rings. The molecule has 2 rings (SSSR count). The minimum absolute atomic E-state index is 0.133. The van der Waals surface area contributed by atoms with Crippen molar-refractivity contribution >= 4 is 22.9 Å². The first kappa shape index (κ1) is 13.3. The molecule has 1 aromatic rings. The van der Waals surface area contributed by atoms with Crippen LogP contribution in [0, 0.1) is 0 Å². The van der Waals surface area contributed by atoms with Crippen LogP contribution in [0.2, 0.25) is 0 Å². The minimum atomic E-state index is -0.190. The molecule has 0 aliphatic carbocycles. The molecule has 1 atom stereocenters. The van der Waals surface area contributed by atoms with Crippen molar-refractivity contribution in [1.29, 1.82) is 0 Å². The van der Waals surface area contributed by atoms with Gasteiger partial charge in [0.05, 0.1) is 19.3 Å². The number of hydrogen-bond acceptors (Lipinski definition) is 5. The van der Waals surface area contributed by atoms with Crippen molar-refractivity contribution in [2.75, 3.05) is 32.0 Å². The Bertz CT molecular complexity index is 402.